The fourth-order valence-corrected chi connectivity index (χ4v) is 5.71. The van der Waals surface area contributed by atoms with Crippen molar-refractivity contribution in [1.82, 2.24) is 0 Å². The summed E-state index contributed by atoms with van der Waals surface area (Å²) in [5, 5.41) is 2.99. The monoisotopic (exact) mass is 387 g/mol. The SMILES string of the molecule is O=[p+]1oc2c(Cc3ccccc3)cc(C3CCCCC3)cc2c2ccccc21. The normalized spacial score (nSPS) is 15.9. The predicted octanol–water partition coefficient (Wildman–Crippen LogP) is 7.97. The predicted molar refractivity (Wildman–Crippen MR) is 116 cm³/mol. The summed E-state index contributed by atoms with van der Waals surface area (Å²) in [7, 11) is -1.86. The van der Waals surface area contributed by atoms with Gasteiger partial charge < -0.3 is 0 Å². The molecule has 0 aliphatic heterocycles. The van der Waals surface area contributed by atoms with Crippen LogP contribution in [-0.2, 0) is 11.0 Å². The molecule has 1 unspecified atom stereocenters. The van der Waals surface area contributed by atoms with Crippen LogP contribution in [0.3, 0.4) is 0 Å². The highest BCUT2D eigenvalue weighted by Gasteiger charge is 2.22. The Morgan fingerprint density at radius 1 is 0.857 bits per heavy atom. The molecule has 0 amide bonds. The van der Waals surface area contributed by atoms with Crippen LogP contribution in [0.25, 0.3) is 21.5 Å². The number of rotatable bonds is 3. The topological polar surface area (TPSA) is 30.2 Å². The molecule has 1 saturated carbocycles. The Morgan fingerprint density at radius 3 is 2.43 bits per heavy atom. The van der Waals surface area contributed by atoms with Crippen LogP contribution in [0, 0.1) is 0 Å². The maximum absolute atomic E-state index is 12.8. The Kier molecular flexibility index (Phi) is 4.74. The first-order valence-corrected chi connectivity index (χ1v) is 11.4. The molecule has 0 saturated heterocycles. The summed E-state index contributed by atoms with van der Waals surface area (Å²) >= 11 is 0. The minimum Gasteiger partial charge on any atom is -0.249 e. The summed E-state index contributed by atoms with van der Waals surface area (Å²) in [6, 6.07) is 23.1. The van der Waals surface area contributed by atoms with Gasteiger partial charge in [-0.25, -0.2) is 4.20 Å². The van der Waals surface area contributed by atoms with Crippen LogP contribution in [0.1, 0.15) is 54.7 Å². The summed E-state index contributed by atoms with van der Waals surface area (Å²) < 4.78 is 18.8. The fraction of sp³-hybridized carbons (Fsp3) is 0.280. The van der Waals surface area contributed by atoms with Gasteiger partial charge in [-0.3, -0.25) is 0 Å². The minimum atomic E-state index is -1.86. The molecule has 4 aromatic rings. The highest BCUT2D eigenvalue weighted by Crippen LogP contribution is 2.41. The Hall–Kier alpha value is -2.44. The largest absolute Gasteiger partial charge is 0.597 e. The van der Waals surface area contributed by atoms with Crippen LogP contribution >= 0.6 is 7.65 Å². The molecule has 1 fully saturated rings. The van der Waals surface area contributed by atoms with Crippen molar-refractivity contribution in [3.05, 3.63) is 83.4 Å². The van der Waals surface area contributed by atoms with Gasteiger partial charge in [0, 0.05) is 22.8 Å². The molecule has 1 heterocycles. The standard InChI is InChI=1S/C25H24O2P/c26-28-24-14-8-7-13-22(24)23-17-20(19-11-5-2-6-12-19)16-21(25(23)27-28)15-18-9-3-1-4-10-18/h1,3-4,7-10,13-14,16-17,19H,2,5-6,11-12,15H2/q+1. The highest BCUT2D eigenvalue weighted by molar-refractivity contribution is 7.37. The zero-order chi connectivity index (χ0) is 18.9. The number of benzene rings is 3. The van der Waals surface area contributed by atoms with Gasteiger partial charge in [-0.2, -0.15) is 0 Å². The van der Waals surface area contributed by atoms with Gasteiger partial charge in [-0.1, -0.05) is 67.8 Å². The lowest BCUT2D eigenvalue weighted by molar-refractivity contribution is 0.443. The summed E-state index contributed by atoms with van der Waals surface area (Å²) in [4.78, 5) is 0. The quantitative estimate of drug-likeness (QED) is 0.334. The van der Waals surface area contributed by atoms with E-state index in [-0.39, 0.29) is 0 Å². The van der Waals surface area contributed by atoms with Gasteiger partial charge >= 0.3 is 7.65 Å². The lowest BCUT2D eigenvalue weighted by Crippen LogP contribution is -2.05. The second-order valence-corrected chi connectivity index (χ2v) is 9.10. The zero-order valence-electron chi connectivity index (χ0n) is 15.9. The van der Waals surface area contributed by atoms with Crippen molar-refractivity contribution in [2.45, 2.75) is 44.4 Å². The molecule has 3 heteroatoms. The maximum atomic E-state index is 12.8. The molecule has 2 nitrogen and oxygen atoms in total. The van der Waals surface area contributed by atoms with E-state index in [2.05, 4.69) is 42.5 Å². The van der Waals surface area contributed by atoms with Gasteiger partial charge in [-0.05, 0) is 52.7 Å². The average molecular weight is 387 g/mol. The van der Waals surface area contributed by atoms with E-state index in [0.717, 1.165) is 33.5 Å². The van der Waals surface area contributed by atoms with Crippen molar-refractivity contribution in [3.8, 4) is 0 Å². The summed E-state index contributed by atoms with van der Waals surface area (Å²) in [5.41, 5.74) is 4.63. The number of hydrogen-bond acceptors (Lipinski definition) is 2. The first kappa shape index (κ1) is 17.6. The zero-order valence-corrected chi connectivity index (χ0v) is 16.8. The second-order valence-electron chi connectivity index (χ2n) is 7.92. The molecule has 0 spiro atoms. The molecule has 3 aromatic carbocycles. The summed E-state index contributed by atoms with van der Waals surface area (Å²) in [6.45, 7) is 0. The average Bonchev–Trinajstić information content (AvgIpc) is 2.76. The van der Waals surface area contributed by atoms with E-state index in [1.807, 2.05) is 24.3 Å². The van der Waals surface area contributed by atoms with Crippen molar-refractivity contribution in [2.24, 2.45) is 0 Å². The molecule has 140 valence electrons. The Labute approximate surface area is 166 Å². The van der Waals surface area contributed by atoms with Gasteiger partial charge in [0.15, 0.2) is 5.58 Å². The highest BCUT2D eigenvalue weighted by atomic mass is 31.1. The van der Waals surface area contributed by atoms with E-state index in [9.17, 15) is 4.57 Å². The van der Waals surface area contributed by atoms with Crippen molar-refractivity contribution in [2.75, 3.05) is 0 Å². The second kappa shape index (κ2) is 7.53. The van der Waals surface area contributed by atoms with Crippen molar-refractivity contribution >= 4 is 29.1 Å². The van der Waals surface area contributed by atoms with E-state index < -0.39 is 7.65 Å². The third-order valence-electron chi connectivity index (χ3n) is 6.07. The van der Waals surface area contributed by atoms with Crippen molar-refractivity contribution in [1.29, 1.82) is 0 Å². The first-order chi connectivity index (χ1) is 13.8. The van der Waals surface area contributed by atoms with Gasteiger partial charge in [0.25, 0.3) is 0 Å². The van der Waals surface area contributed by atoms with E-state index in [1.165, 1.54) is 43.2 Å². The van der Waals surface area contributed by atoms with Crippen molar-refractivity contribution < 1.29 is 8.76 Å². The molecular weight excluding hydrogens is 363 g/mol. The molecule has 1 aliphatic rings. The molecule has 1 aliphatic carbocycles. The third-order valence-corrected chi connectivity index (χ3v) is 7.20. The van der Waals surface area contributed by atoms with E-state index in [1.54, 1.807) is 0 Å². The van der Waals surface area contributed by atoms with Crippen molar-refractivity contribution in [3.63, 3.8) is 0 Å². The molecule has 1 aromatic heterocycles. The molecule has 28 heavy (non-hydrogen) atoms. The molecule has 0 radical (unpaired) electrons. The smallest absolute Gasteiger partial charge is 0.249 e. The van der Waals surface area contributed by atoms with Gasteiger partial charge in [0.05, 0.1) is 0 Å². The molecule has 1 atom stereocenters. The minimum absolute atomic E-state index is 0.622. The van der Waals surface area contributed by atoms with Gasteiger partial charge in [0.1, 0.15) is 0 Å². The van der Waals surface area contributed by atoms with Gasteiger partial charge in [-0.15, -0.1) is 0 Å². The molecule has 5 rings (SSSR count). The van der Waals surface area contributed by atoms with Crippen LogP contribution in [0.5, 0.6) is 0 Å². The fourth-order valence-electron chi connectivity index (χ4n) is 4.63. The van der Waals surface area contributed by atoms with Crippen LogP contribution in [0.4, 0.5) is 0 Å². The van der Waals surface area contributed by atoms with Crippen LogP contribution in [0.2, 0.25) is 0 Å². The van der Waals surface area contributed by atoms with Crippen LogP contribution < -0.4 is 0 Å². The lowest BCUT2D eigenvalue weighted by Gasteiger charge is -2.23. The Balaban J connectivity index is 1.76. The lowest BCUT2D eigenvalue weighted by atomic mass is 9.82. The summed E-state index contributed by atoms with van der Waals surface area (Å²) in [5.74, 6) is 0.622. The third kappa shape index (κ3) is 3.27. The maximum Gasteiger partial charge on any atom is 0.597 e. The van der Waals surface area contributed by atoms with Crippen LogP contribution in [0.15, 0.2) is 70.9 Å². The number of fused-ring (bicyclic) bond motifs is 3. The number of hydrogen-bond donors (Lipinski definition) is 0. The van der Waals surface area contributed by atoms with Crippen LogP contribution in [-0.4, -0.2) is 0 Å². The van der Waals surface area contributed by atoms with E-state index in [4.69, 9.17) is 4.20 Å². The molecule has 0 N–H and O–H groups in total. The first-order valence-electron chi connectivity index (χ1n) is 10.2. The molecular formula is C25H24O2P+. The van der Waals surface area contributed by atoms with Gasteiger partial charge in [0.2, 0.25) is 5.12 Å². The Bertz CT molecular complexity index is 1190. The molecule has 0 bridgehead atoms. The van der Waals surface area contributed by atoms with E-state index in [0.29, 0.717) is 5.92 Å². The summed E-state index contributed by atoms with van der Waals surface area (Å²) in [6.07, 6.45) is 7.31. The Morgan fingerprint density at radius 2 is 1.61 bits per heavy atom. The van der Waals surface area contributed by atoms with E-state index >= 15 is 0 Å².